The Labute approximate surface area is 323 Å². The summed E-state index contributed by atoms with van der Waals surface area (Å²) in [7, 11) is 1.59. The molecule has 3 amide bonds. The number of piperidine rings is 1. The first-order valence-corrected chi connectivity index (χ1v) is 20.6. The minimum Gasteiger partial charge on any atom is -0.466 e. The van der Waals surface area contributed by atoms with Crippen molar-refractivity contribution in [2.24, 2.45) is 17.8 Å². The van der Waals surface area contributed by atoms with Gasteiger partial charge in [-0.25, -0.2) is 0 Å². The van der Waals surface area contributed by atoms with Crippen molar-refractivity contribution < 1.29 is 43.2 Å². The van der Waals surface area contributed by atoms with Crippen LogP contribution in [0.5, 0.6) is 0 Å². The number of methoxy groups -OCH3 is 1. The predicted octanol–water partition coefficient (Wildman–Crippen LogP) is 5.33. The largest absolute Gasteiger partial charge is 0.466 e. The molecule has 1 aromatic rings. The SMILES string of the molecule is CCCC[C@H](O[C@@H](Cc1ccccc1)C(=O)N1CCC(OCOC)CC1)C(=O)N[C@@H](CC1CCCCC1)[C@@H](O)C[C@H](C(=O)NCCC(=O)OCC)C(C)C. The van der Waals surface area contributed by atoms with Gasteiger partial charge in [-0.05, 0) is 56.4 Å². The Kier molecular flexibility index (Phi) is 21.1. The molecule has 2 fully saturated rings. The number of aliphatic hydroxyl groups is 1. The molecule has 1 aliphatic heterocycles. The van der Waals surface area contributed by atoms with E-state index < -0.39 is 30.3 Å². The first-order chi connectivity index (χ1) is 26.1. The summed E-state index contributed by atoms with van der Waals surface area (Å²) in [6.45, 7) is 9.35. The van der Waals surface area contributed by atoms with E-state index in [0.717, 1.165) is 44.1 Å². The van der Waals surface area contributed by atoms with Gasteiger partial charge in [0.2, 0.25) is 11.8 Å². The Morgan fingerprint density at radius 2 is 1.65 bits per heavy atom. The third-order valence-electron chi connectivity index (χ3n) is 10.8. The third kappa shape index (κ3) is 16.0. The molecule has 0 bridgehead atoms. The number of esters is 1. The number of aliphatic hydroxyl groups excluding tert-OH is 1. The van der Waals surface area contributed by atoms with E-state index in [1.165, 1.54) is 6.42 Å². The number of ether oxygens (including phenoxy) is 4. The van der Waals surface area contributed by atoms with Gasteiger partial charge in [-0.2, -0.15) is 0 Å². The second-order valence-corrected chi connectivity index (χ2v) is 15.4. The molecule has 1 aromatic carbocycles. The quantitative estimate of drug-likeness (QED) is 0.0938. The molecule has 3 rings (SSSR count). The molecule has 1 saturated heterocycles. The number of rotatable bonds is 24. The average molecular weight is 760 g/mol. The van der Waals surface area contributed by atoms with E-state index in [4.69, 9.17) is 18.9 Å². The van der Waals surface area contributed by atoms with E-state index in [2.05, 4.69) is 17.6 Å². The molecular weight excluding hydrogens is 690 g/mol. The first-order valence-electron chi connectivity index (χ1n) is 20.6. The molecule has 306 valence electrons. The van der Waals surface area contributed by atoms with Crippen molar-refractivity contribution in [3.63, 3.8) is 0 Å². The molecular formula is C42H69N3O9. The van der Waals surface area contributed by atoms with Crippen LogP contribution in [0.1, 0.15) is 117 Å². The number of likely N-dealkylation sites (tertiary alicyclic amines) is 1. The van der Waals surface area contributed by atoms with Crippen LogP contribution < -0.4 is 10.6 Å². The van der Waals surface area contributed by atoms with Gasteiger partial charge >= 0.3 is 5.97 Å². The minimum absolute atomic E-state index is 0.0177. The van der Waals surface area contributed by atoms with Crippen molar-refractivity contribution in [1.29, 1.82) is 0 Å². The van der Waals surface area contributed by atoms with Gasteiger partial charge in [0.25, 0.3) is 5.91 Å². The van der Waals surface area contributed by atoms with Crippen LogP contribution in [0.4, 0.5) is 0 Å². The zero-order valence-corrected chi connectivity index (χ0v) is 33.6. The van der Waals surface area contributed by atoms with Crippen LogP contribution in [0, 0.1) is 17.8 Å². The van der Waals surface area contributed by atoms with Crippen molar-refractivity contribution in [3.8, 4) is 0 Å². The molecule has 5 atom stereocenters. The number of hydrogen-bond acceptors (Lipinski definition) is 9. The fourth-order valence-corrected chi connectivity index (χ4v) is 7.61. The molecule has 12 nitrogen and oxygen atoms in total. The molecule has 12 heteroatoms. The number of carbonyl (C=O) groups is 4. The first kappa shape index (κ1) is 45.3. The molecule has 1 aliphatic carbocycles. The molecule has 0 aromatic heterocycles. The van der Waals surface area contributed by atoms with E-state index >= 15 is 0 Å². The monoisotopic (exact) mass is 760 g/mol. The number of unbranched alkanes of at least 4 members (excludes halogenated alkanes) is 1. The average Bonchev–Trinajstić information content (AvgIpc) is 3.17. The van der Waals surface area contributed by atoms with Crippen molar-refractivity contribution in [3.05, 3.63) is 35.9 Å². The molecule has 0 spiro atoms. The van der Waals surface area contributed by atoms with Crippen LogP contribution in [0.3, 0.4) is 0 Å². The highest BCUT2D eigenvalue weighted by Crippen LogP contribution is 2.30. The van der Waals surface area contributed by atoms with E-state index in [1.54, 1.807) is 14.0 Å². The predicted molar refractivity (Wildman–Crippen MR) is 207 cm³/mol. The zero-order chi connectivity index (χ0) is 39.3. The Bertz CT molecular complexity index is 1230. The van der Waals surface area contributed by atoms with E-state index in [1.807, 2.05) is 49.1 Å². The number of carbonyl (C=O) groups excluding carboxylic acids is 4. The summed E-state index contributed by atoms with van der Waals surface area (Å²) in [5.41, 5.74) is 0.940. The van der Waals surface area contributed by atoms with E-state index in [0.29, 0.717) is 51.1 Å². The van der Waals surface area contributed by atoms with Crippen LogP contribution in [-0.4, -0.2) is 104 Å². The highest BCUT2D eigenvalue weighted by molar-refractivity contribution is 5.84. The van der Waals surface area contributed by atoms with Gasteiger partial charge in [0.15, 0.2) is 0 Å². The fraction of sp³-hybridized carbons (Fsp3) is 0.762. The summed E-state index contributed by atoms with van der Waals surface area (Å²) in [6, 6.07) is 9.11. The van der Waals surface area contributed by atoms with E-state index in [-0.39, 0.29) is 68.5 Å². The van der Waals surface area contributed by atoms with Crippen LogP contribution in [-0.2, 0) is 44.5 Å². The molecule has 54 heavy (non-hydrogen) atoms. The second kappa shape index (κ2) is 25.2. The lowest BCUT2D eigenvalue weighted by Crippen LogP contribution is -2.52. The lowest BCUT2D eigenvalue weighted by atomic mass is 9.81. The smallest absolute Gasteiger partial charge is 0.307 e. The van der Waals surface area contributed by atoms with Crippen molar-refractivity contribution in [1.82, 2.24) is 15.5 Å². The summed E-state index contributed by atoms with van der Waals surface area (Å²) in [4.78, 5) is 55.4. The number of hydrogen-bond donors (Lipinski definition) is 3. The van der Waals surface area contributed by atoms with Crippen molar-refractivity contribution in [2.75, 3.05) is 40.1 Å². The lowest BCUT2D eigenvalue weighted by Gasteiger charge is -2.36. The highest BCUT2D eigenvalue weighted by Gasteiger charge is 2.36. The third-order valence-corrected chi connectivity index (χ3v) is 10.8. The van der Waals surface area contributed by atoms with Crippen LogP contribution >= 0.6 is 0 Å². The van der Waals surface area contributed by atoms with Gasteiger partial charge in [-0.3, -0.25) is 19.2 Å². The lowest BCUT2D eigenvalue weighted by molar-refractivity contribution is -0.157. The second-order valence-electron chi connectivity index (χ2n) is 15.4. The fourth-order valence-electron chi connectivity index (χ4n) is 7.61. The van der Waals surface area contributed by atoms with Gasteiger partial charge in [-0.15, -0.1) is 0 Å². The van der Waals surface area contributed by atoms with Gasteiger partial charge in [0.05, 0.1) is 31.3 Å². The molecule has 2 aliphatic rings. The van der Waals surface area contributed by atoms with Crippen molar-refractivity contribution in [2.45, 2.75) is 148 Å². The summed E-state index contributed by atoms with van der Waals surface area (Å²) < 4.78 is 22.4. The minimum atomic E-state index is -0.991. The van der Waals surface area contributed by atoms with E-state index in [9.17, 15) is 24.3 Å². The standard InChI is InChI=1S/C42H69N3O9/c1-6-8-19-37(54-38(27-32-17-13-10-14-18-32)42(50)45-24-21-33(22-25-45)53-29-51-5)41(49)44-35(26-31-15-11-9-12-16-31)36(46)28-34(30(3)4)40(48)43-23-20-39(47)52-7-2/h10,13-14,17-18,30-31,33-38,46H,6-9,11-12,15-16,19-29H2,1-5H3,(H,43,48)(H,44,49)/t34-,35-,36-,37-,38-/m0/s1. The Hall–Kier alpha value is -3.06. The Balaban J connectivity index is 1.79. The maximum atomic E-state index is 14.3. The highest BCUT2D eigenvalue weighted by atomic mass is 16.7. The summed E-state index contributed by atoms with van der Waals surface area (Å²) in [6.07, 6.45) is 7.22. The van der Waals surface area contributed by atoms with Crippen molar-refractivity contribution >= 4 is 23.7 Å². The summed E-state index contributed by atoms with van der Waals surface area (Å²) in [5, 5.41) is 17.8. The normalized spacial score (nSPS) is 18.4. The van der Waals surface area contributed by atoms with Gasteiger partial charge in [0, 0.05) is 39.1 Å². The molecule has 0 radical (unpaired) electrons. The topological polar surface area (TPSA) is 153 Å². The van der Waals surface area contributed by atoms with Gasteiger partial charge in [0.1, 0.15) is 19.0 Å². The molecule has 1 saturated carbocycles. The molecule has 1 heterocycles. The van der Waals surface area contributed by atoms with Gasteiger partial charge in [-0.1, -0.05) is 96.0 Å². The van der Waals surface area contributed by atoms with Crippen LogP contribution in [0.15, 0.2) is 30.3 Å². The number of nitrogens with one attached hydrogen (secondary N) is 2. The maximum absolute atomic E-state index is 14.3. The number of amides is 3. The van der Waals surface area contributed by atoms with Crippen LogP contribution in [0.25, 0.3) is 0 Å². The number of benzene rings is 1. The Morgan fingerprint density at radius 1 is 0.944 bits per heavy atom. The number of nitrogens with zero attached hydrogens (tertiary/aromatic N) is 1. The summed E-state index contributed by atoms with van der Waals surface area (Å²) >= 11 is 0. The molecule has 3 N–H and O–H groups in total. The Morgan fingerprint density at radius 3 is 2.28 bits per heavy atom. The van der Waals surface area contributed by atoms with Crippen LogP contribution in [0.2, 0.25) is 0 Å². The molecule has 0 unspecified atom stereocenters. The summed E-state index contributed by atoms with van der Waals surface area (Å²) in [5.74, 6) is -1.39. The zero-order valence-electron chi connectivity index (χ0n) is 33.6. The maximum Gasteiger partial charge on any atom is 0.307 e. The van der Waals surface area contributed by atoms with Gasteiger partial charge < -0.3 is 39.6 Å².